The maximum absolute atomic E-state index is 9.59. The Kier molecular flexibility index (Phi) is 7.41. The van der Waals surface area contributed by atoms with Gasteiger partial charge in [-0.25, -0.2) is 0 Å². The van der Waals surface area contributed by atoms with Gasteiger partial charge in [-0.1, -0.05) is 19.9 Å². The molecule has 0 aliphatic heterocycles. The number of ether oxygens (including phenoxy) is 2. The lowest BCUT2D eigenvalue weighted by Gasteiger charge is -2.20. The lowest BCUT2D eigenvalue weighted by molar-refractivity contribution is 0.158. The topological polar surface area (TPSA) is 50.7 Å². The fraction of sp³-hybridized carbons (Fsp3) is 0.625. The van der Waals surface area contributed by atoms with Crippen molar-refractivity contribution in [3.05, 3.63) is 23.8 Å². The van der Waals surface area contributed by atoms with E-state index in [2.05, 4.69) is 18.3 Å². The van der Waals surface area contributed by atoms with E-state index >= 15 is 0 Å². The van der Waals surface area contributed by atoms with Crippen LogP contribution in [-0.4, -0.2) is 32.0 Å². The summed E-state index contributed by atoms with van der Waals surface area (Å²) in [5.41, 5.74) is 1.18. The molecule has 0 saturated heterocycles. The molecule has 1 aromatic carbocycles. The predicted molar refractivity (Wildman–Crippen MR) is 81.5 cm³/mol. The normalized spacial score (nSPS) is 13.8. The van der Waals surface area contributed by atoms with Crippen molar-refractivity contribution in [1.29, 1.82) is 0 Å². The van der Waals surface area contributed by atoms with E-state index in [9.17, 15) is 5.11 Å². The van der Waals surface area contributed by atoms with E-state index < -0.39 is 0 Å². The number of nitrogens with one attached hydrogen (secondary N) is 1. The summed E-state index contributed by atoms with van der Waals surface area (Å²) in [6, 6.07) is 6.26. The molecule has 114 valence electrons. The van der Waals surface area contributed by atoms with Crippen molar-refractivity contribution in [3.63, 3.8) is 0 Å². The number of hydrogen-bond donors (Lipinski definition) is 2. The standard InChI is InChI=1S/C16H27NO3/c1-5-13(18)9-10-17-14(6-2)12-7-8-15(19-3)16(11-12)20-4/h7-8,11,13-14,17-18H,5-6,9-10H2,1-4H3. The minimum absolute atomic E-state index is 0.217. The van der Waals surface area contributed by atoms with Crippen LogP contribution in [0, 0.1) is 0 Å². The van der Waals surface area contributed by atoms with Crippen LogP contribution in [0.5, 0.6) is 11.5 Å². The molecule has 4 nitrogen and oxygen atoms in total. The van der Waals surface area contributed by atoms with E-state index in [1.807, 2.05) is 19.1 Å². The Hall–Kier alpha value is -1.26. The second-order valence-corrected chi connectivity index (χ2v) is 4.88. The van der Waals surface area contributed by atoms with Gasteiger partial charge in [0.2, 0.25) is 0 Å². The van der Waals surface area contributed by atoms with E-state index in [-0.39, 0.29) is 12.1 Å². The molecular formula is C16H27NO3. The summed E-state index contributed by atoms with van der Waals surface area (Å²) in [5.74, 6) is 1.49. The highest BCUT2D eigenvalue weighted by Crippen LogP contribution is 2.30. The van der Waals surface area contributed by atoms with Gasteiger partial charge in [-0.3, -0.25) is 0 Å². The average Bonchev–Trinajstić information content (AvgIpc) is 2.50. The second-order valence-electron chi connectivity index (χ2n) is 4.88. The molecule has 1 aromatic rings. The molecule has 20 heavy (non-hydrogen) atoms. The van der Waals surface area contributed by atoms with Crippen molar-refractivity contribution in [3.8, 4) is 11.5 Å². The summed E-state index contributed by atoms with van der Waals surface area (Å²) in [7, 11) is 3.28. The fourth-order valence-electron chi connectivity index (χ4n) is 2.20. The minimum atomic E-state index is -0.217. The summed E-state index contributed by atoms with van der Waals surface area (Å²) in [5, 5.41) is 13.1. The quantitative estimate of drug-likeness (QED) is 0.731. The molecule has 0 spiro atoms. The summed E-state index contributed by atoms with van der Waals surface area (Å²) in [4.78, 5) is 0. The molecule has 1 rings (SSSR count). The first-order chi connectivity index (χ1) is 9.65. The van der Waals surface area contributed by atoms with Gasteiger partial charge in [-0.15, -0.1) is 0 Å². The van der Waals surface area contributed by atoms with Crippen molar-refractivity contribution in [2.45, 2.75) is 45.3 Å². The zero-order valence-corrected chi connectivity index (χ0v) is 13.0. The van der Waals surface area contributed by atoms with Crippen LogP contribution >= 0.6 is 0 Å². The number of methoxy groups -OCH3 is 2. The van der Waals surface area contributed by atoms with Crippen LogP contribution in [0.25, 0.3) is 0 Å². The molecule has 2 atom stereocenters. The minimum Gasteiger partial charge on any atom is -0.493 e. The van der Waals surface area contributed by atoms with Crippen molar-refractivity contribution in [2.75, 3.05) is 20.8 Å². The van der Waals surface area contributed by atoms with Gasteiger partial charge in [-0.05, 0) is 43.5 Å². The maximum atomic E-state index is 9.59. The molecule has 0 fully saturated rings. The third kappa shape index (κ3) is 4.69. The predicted octanol–water partition coefficient (Wildman–Crippen LogP) is 2.91. The Balaban J connectivity index is 2.69. The molecule has 0 aromatic heterocycles. The van der Waals surface area contributed by atoms with Crippen LogP contribution in [0.3, 0.4) is 0 Å². The lowest BCUT2D eigenvalue weighted by atomic mass is 10.0. The van der Waals surface area contributed by atoms with Crippen LogP contribution in [0.15, 0.2) is 18.2 Å². The van der Waals surface area contributed by atoms with Crippen molar-refractivity contribution >= 4 is 0 Å². The molecule has 0 heterocycles. The molecule has 0 saturated carbocycles. The number of rotatable bonds is 9. The van der Waals surface area contributed by atoms with E-state index in [4.69, 9.17) is 9.47 Å². The Morgan fingerprint density at radius 1 is 1.10 bits per heavy atom. The van der Waals surface area contributed by atoms with E-state index in [0.29, 0.717) is 0 Å². The van der Waals surface area contributed by atoms with Gasteiger partial charge in [0.1, 0.15) is 0 Å². The smallest absolute Gasteiger partial charge is 0.161 e. The molecule has 0 amide bonds. The Morgan fingerprint density at radius 3 is 2.35 bits per heavy atom. The fourth-order valence-corrected chi connectivity index (χ4v) is 2.20. The van der Waals surface area contributed by atoms with Gasteiger partial charge < -0.3 is 19.9 Å². The van der Waals surface area contributed by atoms with Crippen LogP contribution in [-0.2, 0) is 0 Å². The zero-order chi connectivity index (χ0) is 15.0. The van der Waals surface area contributed by atoms with Gasteiger partial charge >= 0.3 is 0 Å². The van der Waals surface area contributed by atoms with Gasteiger partial charge in [0.15, 0.2) is 11.5 Å². The first-order valence-electron chi connectivity index (χ1n) is 7.29. The highest BCUT2D eigenvalue weighted by molar-refractivity contribution is 5.43. The van der Waals surface area contributed by atoms with Gasteiger partial charge in [0, 0.05) is 6.04 Å². The SMILES string of the molecule is CCC(O)CCNC(CC)c1ccc(OC)c(OC)c1. The van der Waals surface area contributed by atoms with Crippen LogP contribution in [0.4, 0.5) is 0 Å². The Morgan fingerprint density at radius 2 is 1.80 bits per heavy atom. The zero-order valence-electron chi connectivity index (χ0n) is 13.0. The first-order valence-corrected chi connectivity index (χ1v) is 7.29. The largest absolute Gasteiger partial charge is 0.493 e. The van der Waals surface area contributed by atoms with Crippen LogP contribution < -0.4 is 14.8 Å². The summed E-state index contributed by atoms with van der Waals surface area (Å²) >= 11 is 0. The number of benzene rings is 1. The van der Waals surface area contributed by atoms with Gasteiger partial charge in [0.25, 0.3) is 0 Å². The summed E-state index contributed by atoms with van der Waals surface area (Å²) < 4.78 is 10.6. The van der Waals surface area contributed by atoms with Crippen molar-refractivity contribution in [2.24, 2.45) is 0 Å². The number of aliphatic hydroxyl groups excluding tert-OH is 1. The molecule has 2 unspecified atom stereocenters. The summed E-state index contributed by atoms with van der Waals surface area (Å²) in [6.07, 6.45) is 2.35. The molecule has 0 aliphatic carbocycles. The molecular weight excluding hydrogens is 254 g/mol. The number of aliphatic hydroxyl groups is 1. The van der Waals surface area contributed by atoms with E-state index in [1.54, 1.807) is 14.2 Å². The monoisotopic (exact) mass is 281 g/mol. The molecule has 0 radical (unpaired) electrons. The third-order valence-electron chi connectivity index (χ3n) is 3.56. The highest BCUT2D eigenvalue weighted by Gasteiger charge is 2.12. The molecule has 0 aliphatic rings. The van der Waals surface area contributed by atoms with Crippen molar-refractivity contribution in [1.82, 2.24) is 5.32 Å². The van der Waals surface area contributed by atoms with Crippen molar-refractivity contribution < 1.29 is 14.6 Å². The number of hydrogen-bond acceptors (Lipinski definition) is 4. The molecule has 2 N–H and O–H groups in total. The molecule has 0 bridgehead atoms. The van der Waals surface area contributed by atoms with Crippen LogP contribution in [0.2, 0.25) is 0 Å². The van der Waals surface area contributed by atoms with Crippen LogP contribution in [0.1, 0.15) is 44.7 Å². The van der Waals surface area contributed by atoms with Gasteiger partial charge in [-0.2, -0.15) is 0 Å². The third-order valence-corrected chi connectivity index (χ3v) is 3.56. The highest BCUT2D eigenvalue weighted by atomic mass is 16.5. The molecule has 4 heteroatoms. The average molecular weight is 281 g/mol. The Bertz CT molecular complexity index is 395. The maximum Gasteiger partial charge on any atom is 0.161 e. The summed E-state index contributed by atoms with van der Waals surface area (Å²) in [6.45, 7) is 4.95. The second kappa shape index (κ2) is 8.82. The van der Waals surface area contributed by atoms with E-state index in [0.717, 1.165) is 37.3 Å². The van der Waals surface area contributed by atoms with Gasteiger partial charge in [0.05, 0.1) is 20.3 Å². The van der Waals surface area contributed by atoms with E-state index in [1.165, 1.54) is 5.56 Å². The first kappa shape index (κ1) is 16.8. The Labute approximate surface area is 122 Å². The lowest BCUT2D eigenvalue weighted by Crippen LogP contribution is -2.24.